The molecule has 0 bridgehead atoms. The SMILES string of the molecule is CC(C)(C)c1cc(C=O)ccc1Cl. The van der Waals surface area contributed by atoms with E-state index in [9.17, 15) is 4.79 Å². The van der Waals surface area contributed by atoms with Crippen LogP contribution in [0.2, 0.25) is 5.02 Å². The van der Waals surface area contributed by atoms with E-state index in [-0.39, 0.29) is 5.41 Å². The lowest BCUT2D eigenvalue weighted by atomic mass is 9.86. The summed E-state index contributed by atoms with van der Waals surface area (Å²) in [5.41, 5.74) is 1.67. The van der Waals surface area contributed by atoms with Gasteiger partial charge in [-0.3, -0.25) is 4.79 Å². The van der Waals surface area contributed by atoms with Gasteiger partial charge in [-0.15, -0.1) is 0 Å². The Bertz CT molecular complexity index is 323. The molecule has 0 aliphatic heterocycles. The van der Waals surface area contributed by atoms with E-state index in [0.29, 0.717) is 5.56 Å². The molecule has 1 nitrogen and oxygen atoms in total. The molecule has 0 amide bonds. The lowest BCUT2D eigenvalue weighted by Crippen LogP contribution is -2.12. The van der Waals surface area contributed by atoms with Gasteiger partial charge in [-0.05, 0) is 23.1 Å². The summed E-state index contributed by atoms with van der Waals surface area (Å²) in [6, 6.07) is 5.34. The molecule has 70 valence electrons. The number of benzene rings is 1. The van der Waals surface area contributed by atoms with E-state index in [4.69, 9.17) is 11.6 Å². The average molecular weight is 197 g/mol. The normalized spacial score (nSPS) is 11.4. The Morgan fingerprint density at radius 3 is 2.38 bits per heavy atom. The van der Waals surface area contributed by atoms with Gasteiger partial charge >= 0.3 is 0 Å². The molecule has 0 aromatic heterocycles. The van der Waals surface area contributed by atoms with Crippen molar-refractivity contribution < 1.29 is 4.79 Å². The molecule has 0 saturated heterocycles. The van der Waals surface area contributed by atoms with E-state index >= 15 is 0 Å². The molecule has 13 heavy (non-hydrogen) atoms. The van der Waals surface area contributed by atoms with Crippen LogP contribution in [0.3, 0.4) is 0 Å². The van der Waals surface area contributed by atoms with Crippen molar-refractivity contribution in [3.05, 3.63) is 34.3 Å². The Morgan fingerprint density at radius 2 is 1.92 bits per heavy atom. The molecule has 0 N–H and O–H groups in total. The van der Waals surface area contributed by atoms with Gasteiger partial charge in [-0.2, -0.15) is 0 Å². The van der Waals surface area contributed by atoms with Crippen molar-refractivity contribution in [3.63, 3.8) is 0 Å². The highest BCUT2D eigenvalue weighted by Crippen LogP contribution is 2.29. The van der Waals surface area contributed by atoms with Crippen LogP contribution < -0.4 is 0 Å². The molecular weight excluding hydrogens is 184 g/mol. The number of hydrogen-bond acceptors (Lipinski definition) is 1. The largest absolute Gasteiger partial charge is 0.298 e. The quantitative estimate of drug-likeness (QED) is 0.629. The molecule has 2 heteroatoms. The van der Waals surface area contributed by atoms with Crippen molar-refractivity contribution in [2.75, 3.05) is 0 Å². The van der Waals surface area contributed by atoms with Gasteiger partial charge in [0.2, 0.25) is 0 Å². The summed E-state index contributed by atoms with van der Waals surface area (Å²) in [6.07, 6.45) is 0.839. The zero-order valence-corrected chi connectivity index (χ0v) is 8.85. The zero-order valence-electron chi connectivity index (χ0n) is 8.10. The highest BCUT2D eigenvalue weighted by atomic mass is 35.5. The number of halogens is 1. The number of hydrogen-bond donors (Lipinski definition) is 0. The van der Waals surface area contributed by atoms with E-state index < -0.39 is 0 Å². The minimum Gasteiger partial charge on any atom is -0.298 e. The second kappa shape index (κ2) is 3.51. The zero-order chi connectivity index (χ0) is 10.1. The highest BCUT2D eigenvalue weighted by molar-refractivity contribution is 6.31. The first-order valence-electron chi connectivity index (χ1n) is 4.20. The lowest BCUT2D eigenvalue weighted by molar-refractivity contribution is 0.112. The molecule has 1 aromatic carbocycles. The first kappa shape index (κ1) is 10.3. The van der Waals surface area contributed by atoms with Crippen molar-refractivity contribution in [1.29, 1.82) is 0 Å². The van der Waals surface area contributed by atoms with Gasteiger partial charge in [0.05, 0.1) is 0 Å². The van der Waals surface area contributed by atoms with Crippen molar-refractivity contribution >= 4 is 17.9 Å². The Hall–Kier alpha value is -0.820. The van der Waals surface area contributed by atoms with E-state index in [1.807, 2.05) is 6.07 Å². The maximum atomic E-state index is 10.6. The molecule has 0 saturated carbocycles. The Morgan fingerprint density at radius 1 is 1.31 bits per heavy atom. The first-order valence-corrected chi connectivity index (χ1v) is 4.58. The summed E-state index contributed by atoms with van der Waals surface area (Å²) in [5, 5.41) is 0.720. The maximum absolute atomic E-state index is 10.6. The minimum absolute atomic E-state index is 0.0178. The third kappa shape index (κ3) is 2.31. The van der Waals surface area contributed by atoms with Crippen molar-refractivity contribution in [1.82, 2.24) is 0 Å². The molecule has 0 spiro atoms. The van der Waals surface area contributed by atoms with Crippen LogP contribution in [0.5, 0.6) is 0 Å². The van der Waals surface area contributed by atoms with Gasteiger partial charge < -0.3 is 0 Å². The fourth-order valence-corrected chi connectivity index (χ4v) is 1.59. The summed E-state index contributed by atoms with van der Waals surface area (Å²) in [4.78, 5) is 10.6. The van der Waals surface area contributed by atoms with Crippen LogP contribution in [0.4, 0.5) is 0 Å². The summed E-state index contributed by atoms with van der Waals surface area (Å²) in [6.45, 7) is 6.22. The van der Waals surface area contributed by atoms with Crippen LogP contribution in [0.15, 0.2) is 18.2 Å². The van der Waals surface area contributed by atoms with Crippen LogP contribution in [0.25, 0.3) is 0 Å². The molecule has 0 aliphatic carbocycles. The topological polar surface area (TPSA) is 17.1 Å². The van der Waals surface area contributed by atoms with Crippen molar-refractivity contribution in [3.8, 4) is 0 Å². The molecule has 0 aliphatic rings. The molecule has 1 aromatic rings. The smallest absolute Gasteiger partial charge is 0.150 e. The van der Waals surface area contributed by atoms with E-state index in [2.05, 4.69) is 20.8 Å². The van der Waals surface area contributed by atoms with Crippen LogP contribution in [0, 0.1) is 0 Å². The Labute approximate surface area is 83.7 Å². The highest BCUT2D eigenvalue weighted by Gasteiger charge is 2.17. The monoisotopic (exact) mass is 196 g/mol. The molecule has 0 unspecified atom stereocenters. The van der Waals surface area contributed by atoms with Crippen LogP contribution >= 0.6 is 11.6 Å². The molecule has 0 atom stereocenters. The average Bonchev–Trinajstić information content (AvgIpc) is 2.03. The second-order valence-corrected chi connectivity index (χ2v) is 4.51. The van der Waals surface area contributed by atoms with Crippen molar-refractivity contribution in [2.24, 2.45) is 0 Å². The predicted octanol–water partition coefficient (Wildman–Crippen LogP) is 3.45. The van der Waals surface area contributed by atoms with Gasteiger partial charge in [-0.25, -0.2) is 0 Å². The number of carbonyl (C=O) groups is 1. The third-order valence-electron chi connectivity index (χ3n) is 1.93. The maximum Gasteiger partial charge on any atom is 0.150 e. The van der Waals surface area contributed by atoms with Gasteiger partial charge in [0.15, 0.2) is 0 Å². The summed E-state index contributed by atoms with van der Waals surface area (Å²) in [5.74, 6) is 0. The van der Waals surface area contributed by atoms with E-state index in [0.717, 1.165) is 16.9 Å². The predicted molar refractivity (Wildman–Crippen MR) is 55.5 cm³/mol. The number of carbonyl (C=O) groups excluding carboxylic acids is 1. The lowest BCUT2D eigenvalue weighted by Gasteiger charge is -2.20. The molecular formula is C11H13ClO. The van der Waals surface area contributed by atoms with E-state index in [1.54, 1.807) is 12.1 Å². The number of aldehydes is 1. The standard InChI is InChI=1S/C11H13ClO/c1-11(2,3)9-6-8(7-13)4-5-10(9)12/h4-7H,1-3H3. The third-order valence-corrected chi connectivity index (χ3v) is 2.26. The molecule has 0 heterocycles. The fraction of sp³-hybridized carbons (Fsp3) is 0.364. The molecule has 0 fully saturated rings. The van der Waals surface area contributed by atoms with Gasteiger partial charge in [0.1, 0.15) is 6.29 Å². The first-order chi connectivity index (χ1) is 5.95. The minimum atomic E-state index is -0.0178. The van der Waals surface area contributed by atoms with E-state index in [1.165, 1.54) is 0 Å². The Kier molecular flexibility index (Phi) is 2.77. The van der Waals surface area contributed by atoms with Gasteiger partial charge in [0.25, 0.3) is 0 Å². The van der Waals surface area contributed by atoms with Crippen LogP contribution in [0.1, 0.15) is 36.7 Å². The van der Waals surface area contributed by atoms with Gasteiger partial charge in [0, 0.05) is 10.6 Å². The van der Waals surface area contributed by atoms with Crippen LogP contribution in [-0.4, -0.2) is 6.29 Å². The molecule has 0 radical (unpaired) electrons. The molecule has 1 rings (SSSR count). The van der Waals surface area contributed by atoms with Crippen molar-refractivity contribution in [2.45, 2.75) is 26.2 Å². The summed E-state index contributed by atoms with van der Waals surface area (Å²) >= 11 is 6.02. The fourth-order valence-electron chi connectivity index (χ4n) is 1.19. The summed E-state index contributed by atoms with van der Waals surface area (Å²) in [7, 11) is 0. The van der Waals surface area contributed by atoms with Crippen LogP contribution in [-0.2, 0) is 5.41 Å². The Balaban J connectivity index is 3.27. The van der Waals surface area contributed by atoms with Gasteiger partial charge in [-0.1, -0.05) is 38.4 Å². The second-order valence-electron chi connectivity index (χ2n) is 4.11. The number of rotatable bonds is 1. The summed E-state index contributed by atoms with van der Waals surface area (Å²) < 4.78 is 0.